The van der Waals surface area contributed by atoms with Crippen LogP contribution >= 0.6 is 0 Å². The lowest BCUT2D eigenvalue weighted by atomic mass is 10.2. The number of halogens is 4. The Labute approximate surface area is 149 Å². The second kappa shape index (κ2) is 11.6. The molecule has 8 heteroatoms. The largest absolute Gasteiger partial charge is 0.355 e. The molecule has 0 saturated heterocycles. The molecule has 0 radical (unpaired) electrons. The Morgan fingerprint density at radius 1 is 0.731 bits per heavy atom. The number of benzene rings is 2. The summed E-state index contributed by atoms with van der Waals surface area (Å²) in [7, 11) is 2.77. The predicted molar refractivity (Wildman–Crippen MR) is 90.8 cm³/mol. The van der Waals surface area contributed by atoms with Crippen LogP contribution in [0.15, 0.2) is 36.4 Å². The minimum absolute atomic E-state index is 0.0185. The van der Waals surface area contributed by atoms with Gasteiger partial charge in [-0.25, -0.2) is 17.6 Å². The van der Waals surface area contributed by atoms with Crippen molar-refractivity contribution in [3.63, 3.8) is 0 Å². The smallest absolute Gasteiger partial charge is 0.253 e. The van der Waals surface area contributed by atoms with Gasteiger partial charge in [-0.2, -0.15) is 0 Å². The quantitative estimate of drug-likeness (QED) is 0.791. The molecule has 2 N–H and O–H groups in total. The van der Waals surface area contributed by atoms with Gasteiger partial charge in [-0.05, 0) is 24.3 Å². The molecule has 0 fully saturated rings. The fraction of sp³-hybridized carbons (Fsp3) is 0.222. The summed E-state index contributed by atoms with van der Waals surface area (Å²) in [6.45, 7) is 4.00. The Hall–Kier alpha value is -2.90. The lowest BCUT2D eigenvalue weighted by molar-refractivity contribution is 0.0952. The number of rotatable bonds is 2. The summed E-state index contributed by atoms with van der Waals surface area (Å²) < 4.78 is 50.1. The highest BCUT2D eigenvalue weighted by Gasteiger charge is 2.09. The molecule has 2 amide bonds. The van der Waals surface area contributed by atoms with E-state index < -0.39 is 35.1 Å². The maximum Gasteiger partial charge on any atom is 0.253 e. The topological polar surface area (TPSA) is 58.2 Å². The first-order valence-electron chi connectivity index (χ1n) is 7.63. The fourth-order valence-corrected chi connectivity index (χ4v) is 1.64. The Balaban J connectivity index is 0.000000439. The van der Waals surface area contributed by atoms with E-state index in [2.05, 4.69) is 10.6 Å². The van der Waals surface area contributed by atoms with Crippen molar-refractivity contribution in [2.75, 3.05) is 14.1 Å². The number of nitrogens with one attached hydrogen (secondary N) is 2. The SMILES string of the molecule is CC.CNC(=O)c1cc(F)cc(F)c1.CNC(=O)c1ccc(F)cc1F. The van der Waals surface area contributed by atoms with Gasteiger partial charge in [-0.15, -0.1) is 0 Å². The monoisotopic (exact) mass is 372 g/mol. The van der Waals surface area contributed by atoms with Gasteiger partial charge >= 0.3 is 0 Å². The van der Waals surface area contributed by atoms with Crippen LogP contribution in [0.4, 0.5) is 17.6 Å². The normalized spacial score (nSPS) is 9.08. The third kappa shape index (κ3) is 7.33. The Bertz CT molecular complexity index is 732. The van der Waals surface area contributed by atoms with E-state index in [1.54, 1.807) is 0 Å². The van der Waals surface area contributed by atoms with Gasteiger partial charge in [0.1, 0.15) is 23.3 Å². The van der Waals surface area contributed by atoms with Crippen LogP contribution in [-0.4, -0.2) is 25.9 Å². The zero-order valence-electron chi connectivity index (χ0n) is 14.8. The molecule has 0 heterocycles. The van der Waals surface area contributed by atoms with Crippen molar-refractivity contribution >= 4 is 11.8 Å². The molecule has 0 atom stereocenters. The maximum atomic E-state index is 12.8. The van der Waals surface area contributed by atoms with Gasteiger partial charge in [0, 0.05) is 31.8 Å². The van der Waals surface area contributed by atoms with Gasteiger partial charge in [0.2, 0.25) is 0 Å². The van der Waals surface area contributed by atoms with E-state index in [0.717, 1.165) is 24.3 Å². The van der Waals surface area contributed by atoms with Crippen molar-refractivity contribution in [3.05, 3.63) is 70.8 Å². The van der Waals surface area contributed by atoms with Gasteiger partial charge in [0.05, 0.1) is 5.56 Å². The number of hydrogen-bond donors (Lipinski definition) is 2. The zero-order valence-corrected chi connectivity index (χ0v) is 14.8. The average Bonchev–Trinajstić information content (AvgIpc) is 2.62. The van der Waals surface area contributed by atoms with E-state index in [9.17, 15) is 27.2 Å². The lowest BCUT2D eigenvalue weighted by Gasteiger charge is -2.00. The molecule has 0 aliphatic carbocycles. The Kier molecular flexibility index (Phi) is 10.3. The Morgan fingerprint density at radius 3 is 1.65 bits per heavy atom. The highest BCUT2D eigenvalue weighted by molar-refractivity contribution is 5.94. The van der Waals surface area contributed by atoms with Crippen LogP contribution in [0.1, 0.15) is 34.6 Å². The molecule has 2 rings (SSSR count). The van der Waals surface area contributed by atoms with Crippen LogP contribution in [0.2, 0.25) is 0 Å². The number of amides is 2. The second-order valence-corrected chi connectivity index (χ2v) is 4.44. The third-order valence-electron chi connectivity index (χ3n) is 2.75. The molecule has 142 valence electrons. The van der Waals surface area contributed by atoms with Crippen LogP contribution in [-0.2, 0) is 0 Å². The van der Waals surface area contributed by atoms with Crippen molar-refractivity contribution in [3.8, 4) is 0 Å². The molecule has 4 nitrogen and oxygen atoms in total. The molecule has 2 aromatic rings. The highest BCUT2D eigenvalue weighted by Crippen LogP contribution is 2.09. The molecule has 0 aliphatic heterocycles. The van der Waals surface area contributed by atoms with Crippen molar-refractivity contribution in [2.45, 2.75) is 13.8 Å². The van der Waals surface area contributed by atoms with Crippen LogP contribution in [0.3, 0.4) is 0 Å². The van der Waals surface area contributed by atoms with E-state index >= 15 is 0 Å². The summed E-state index contributed by atoms with van der Waals surface area (Å²) in [4.78, 5) is 21.7. The lowest BCUT2D eigenvalue weighted by Crippen LogP contribution is -2.19. The van der Waals surface area contributed by atoms with Crippen LogP contribution in [0.25, 0.3) is 0 Å². The Morgan fingerprint density at radius 2 is 1.23 bits per heavy atom. The molecule has 26 heavy (non-hydrogen) atoms. The number of carbonyl (C=O) groups is 2. The van der Waals surface area contributed by atoms with E-state index in [1.165, 1.54) is 14.1 Å². The van der Waals surface area contributed by atoms with Gasteiger partial charge < -0.3 is 10.6 Å². The van der Waals surface area contributed by atoms with Crippen molar-refractivity contribution in [1.82, 2.24) is 10.6 Å². The van der Waals surface area contributed by atoms with Gasteiger partial charge in [0.15, 0.2) is 0 Å². The molecule has 0 spiro atoms. The summed E-state index contributed by atoms with van der Waals surface area (Å²) in [6.07, 6.45) is 0. The van der Waals surface area contributed by atoms with Gasteiger partial charge in [0.25, 0.3) is 11.8 Å². The minimum Gasteiger partial charge on any atom is -0.355 e. The first-order valence-corrected chi connectivity index (χ1v) is 7.63. The van der Waals surface area contributed by atoms with E-state index in [1.807, 2.05) is 13.8 Å². The molecular formula is C18H20F4N2O2. The van der Waals surface area contributed by atoms with Gasteiger partial charge in [-0.3, -0.25) is 9.59 Å². The first-order chi connectivity index (χ1) is 12.3. The van der Waals surface area contributed by atoms with Crippen LogP contribution in [0.5, 0.6) is 0 Å². The van der Waals surface area contributed by atoms with Crippen molar-refractivity contribution in [2.24, 2.45) is 0 Å². The van der Waals surface area contributed by atoms with Crippen molar-refractivity contribution < 1.29 is 27.2 Å². The first kappa shape index (κ1) is 23.1. The summed E-state index contributed by atoms with van der Waals surface area (Å²) in [5, 5.41) is 4.50. The van der Waals surface area contributed by atoms with Gasteiger partial charge in [-0.1, -0.05) is 13.8 Å². The predicted octanol–water partition coefficient (Wildman–Crippen LogP) is 3.68. The molecule has 2 aromatic carbocycles. The van der Waals surface area contributed by atoms with E-state index in [-0.39, 0.29) is 11.1 Å². The van der Waals surface area contributed by atoms with E-state index in [0.29, 0.717) is 12.1 Å². The summed E-state index contributed by atoms with van der Waals surface area (Å²) in [5.41, 5.74) is -0.172. The van der Waals surface area contributed by atoms with Crippen LogP contribution < -0.4 is 10.6 Å². The standard InChI is InChI=1S/2C8H7F2NO.C2H6/c1-11-8(12)5-2-6(9)4-7(10)3-5;1-11-8(12)6-3-2-5(9)4-7(6)10;1-2/h2*2-4H,1H3,(H,11,12);1-2H3. The molecule has 0 unspecified atom stereocenters. The van der Waals surface area contributed by atoms with Crippen LogP contribution in [0, 0.1) is 23.3 Å². The number of hydrogen-bond acceptors (Lipinski definition) is 2. The third-order valence-corrected chi connectivity index (χ3v) is 2.75. The summed E-state index contributed by atoms with van der Waals surface area (Å²) in [6, 6.07) is 5.47. The fourth-order valence-electron chi connectivity index (χ4n) is 1.64. The maximum absolute atomic E-state index is 12.8. The zero-order chi connectivity index (χ0) is 20.3. The minimum atomic E-state index is -0.852. The number of carbonyl (C=O) groups excluding carboxylic acids is 2. The second-order valence-electron chi connectivity index (χ2n) is 4.44. The highest BCUT2D eigenvalue weighted by atomic mass is 19.1. The van der Waals surface area contributed by atoms with Crippen molar-refractivity contribution in [1.29, 1.82) is 0 Å². The molecule has 0 saturated carbocycles. The molecule has 0 aliphatic rings. The molecule has 0 bridgehead atoms. The molecule has 0 aromatic heterocycles. The molecular weight excluding hydrogens is 352 g/mol. The summed E-state index contributed by atoms with van der Waals surface area (Å²) in [5.74, 6) is -4.13. The summed E-state index contributed by atoms with van der Waals surface area (Å²) >= 11 is 0. The van der Waals surface area contributed by atoms with E-state index in [4.69, 9.17) is 0 Å². The average molecular weight is 372 g/mol.